The van der Waals surface area contributed by atoms with Crippen molar-refractivity contribution in [1.82, 2.24) is 0 Å². The summed E-state index contributed by atoms with van der Waals surface area (Å²) >= 11 is 3.15. The first kappa shape index (κ1) is 14.0. The van der Waals surface area contributed by atoms with Gasteiger partial charge in [-0.3, -0.25) is 0 Å². The zero-order chi connectivity index (χ0) is 13.8. The molecular weight excluding hydrogens is 309 g/mol. The summed E-state index contributed by atoms with van der Waals surface area (Å²) in [6.07, 6.45) is -0.593. The van der Waals surface area contributed by atoms with Crippen LogP contribution in [0.3, 0.4) is 0 Å². The first-order chi connectivity index (χ1) is 9.08. The molecule has 2 aromatic carbocycles. The monoisotopic (exact) mass is 323 g/mol. The lowest BCUT2D eigenvalue weighted by molar-refractivity contribution is 0.191. The Labute approximate surface area is 120 Å². The number of aryl methyl sites for hydroxylation is 1. The average Bonchev–Trinajstić information content (AvgIpc) is 2.42. The van der Waals surface area contributed by atoms with Crippen molar-refractivity contribution in [3.8, 4) is 0 Å². The third kappa shape index (κ3) is 3.55. The number of hydrogen-bond acceptors (Lipinski definition) is 2. The van der Waals surface area contributed by atoms with Crippen LogP contribution in [0.15, 0.2) is 46.9 Å². The molecule has 0 saturated heterocycles. The van der Waals surface area contributed by atoms with E-state index in [-0.39, 0.29) is 5.82 Å². The summed E-state index contributed by atoms with van der Waals surface area (Å²) in [6.45, 7) is 2.20. The molecule has 2 nitrogen and oxygen atoms in total. The predicted molar refractivity (Wildman–Crippen MR) is 78.7 cm³/mol. The Bertz CT molecular complexity index is 560. The lowest BCUT2D eigenvalue weighted by atomic mass is 10.1. The van der Waals surface area contributed by atoms with Gasteiger partial charge in [0, 0.05) is 12.2 Å². The van der Waals surface area contributed by atoms with E-state index in [9.17, 15) is 9.50 Å². The van der Waals surface area contributed by atoms with Gasteiger partial charge in [0.25, 0.3) is 0 Å². The second kappa shape index (κ2) is 6.17. The maximum absolute atomic E-state index is 13.3. The van der Waals surface area contributed by atoms with Gasteiger partial charge in [0.2, 0.25) is 0 Å². The molecule has 0 aliphatic heterocycles. The standard InChI is InChI=1S/C15H15BrFNO/c1-10-7-13(17)12(16)8-14(10)18-9-15(19)11-5-3-2-4-6-11/h2-8,15,18-19H,9H2,1H3. The summed E-state index contributed by atoms with van der Waals surface area (Å²) in [4.78, 5) is 0. The summed E-state index contributed by atoms with van der Waals surface area (Å²) in [5.74, 6) is -0.286. The molecule has 0 aliphatic carbocycles. The van der Waals surface area contributed by atoms with Gasteiger partial charge in [-0.2, -0.15) is 0 Å². The van der Waals surface area contributed by atoms with Gasteiger partial charge < -0.3 is 10.4 Å². The molecule has 0 aliphatic rings. The van der Waals surface area contributed by atoms with Crippen LogP contribution in [-0.4, -0.2) is 11.7 Å². The van der Waals surface area contributed by atoms with E-state index in [1.54, 1.807) is 6.07 Å². The van der Waals surface area contributed by atoms with Gasteiger partial charge in [0.05, 0.1) is 10.6 Å². The third-order valence-electron chi connectivity index (χ3n) is 2.94. The zero-order valence-electron chi connectivity index (χ0n) is 10.5. The molecule has 2 aromatic rings. The van der Waals surface area contributed by atoms with Crippen LogP contribution in [0.25, 0.3) is 0 Å². The van der Waals surface area contributed by atoms with E-state index >= 15 is 0 Å². The van der Waals surface area contributed by atoms with Crippen LogP contribution in [0.4, 0.5) is 10.1 Å². The molecule has 1 unspecified atom stereocenters. The Morgan fingerprint density at radius 1 is 1.26 bits per heavy atom. The van der Waals surface area contributed by atoms with Crippen molar-refractivity contribution < 1.29 is 9.50 Å². The number of aliphatic hydroxyl groups is 1. The second-order valence-corrected chi connectivity index (χ2v) is 5.24. The summed E-state index contributed by atoms with van der Waals surface area (Å²) in [6, 6.07) is 12.6. The van der Waals surface area contributed by atoms with E-state index in [1.807, 2.05) is 37.3 Å². The van der Waals surface area contributed by atoms with Crippen molar-refractivity contribution in [2.24, 2.45) is 0 Å². The molecule has 1 atom stereocenters. The summed E-state index contributed by atoms with van der Waals surface area (Å²) in [5, 5.41) is 13.2. The van der Waals surface area contributed by atoms with Crippen molar-refractivity contribution in [1.29, 1.82) is 0 Å². The number of hydrogen-bond donors (Lipinski definition) is 2. The molecule has 19 heavy (non-hydrogen) atoms. The minimum absolute atomic E-state index is 0.286. The van der Waals surface area contributed by atoms with E-state index in [2.05, 4.69) is 21.2 Å². The van der Waals surface area contributed by atoms with Gasteiger partial charge in [-0.05, 0) is 46.1 Å². The lowest BCUT2D eigenvalue weighted by Gasteiger charge is -2.15. The normalized spacial score (nSPS) is 12.2. The highest BCUT2D eigenvalue weighted by Crippen LogP contribution is 2.25. The molecule has 0 amide bonds. The highest BCUT2D eigenvalue weighted by molar-refractivity contribution is 9.10. The van der Waals surface area contributed by atoms with Crippen LogP contribution in [0.5, 0.6) is 0 Å². The topological polar surface area (TPSA) is 32.3 Å². The predicted octanol–water partition coefficient (Wildman–Crippen LogP) is 4.04. The minimum atomic E-state index is -0.593. The SMILES string of the molecule is Cc1cc(F)c(Br)cc1NCC(O)c1ccccc1. The van der Waals surface area contributed by atoms with Crippen LogP contribution in [0.1, 0.15) is 17.2 Å². The summed E-state index contributed by atoms with van der Waals surface area (Å²) in [7, 11) is 0. The molecule has 4 heteroatoms. The highest BCUT2D eigenvalue weighted by Gasteiger charge is 2.09. The quantitative estimate of drug-likeness (QED) is 0.889. The first-order valence-corrected chi connectivity index (χ1v) is 6.80. The van der Waals surface area contributed by atoms with Crippen molar-refractivity contribution in [3.05, 3.63) is 63.9 Å². The van der Waals surface area contributed by atoms with Gasteiger partial charge in [-0.25, -0.2) is 4.39 Å². The van der Waals surface area contributed by atoms with E-state index in [0.717, 1.165) is 16.8 Å². The van der Waals surface area contributed by atoms with E-state index in [4.69, 9.17) is 0 Å². The Morgan fingerprint density at radius 2 is 1.95 bits per heavy atom. The van der Waals surface area contributed by atoms with Crippen molar-refractivity contribution in [2.45, 2.75) is 13.0 Å². The third-order valence-corrected chi connectivity index (χ3v) is 3.55. The zero-order valence-corrected chi connectivity index (χ0v) is 12.1. The van der Waals surface area contributed by atoms with Gasteiger partial charge in [0.1, 0.15) is 5.82 Å². The largest absolute Gasteiger partial charge is 0.387 e. The second-order valence-electron chi connectivity index (χ2n) is 4.39. The number of aliphatic hydroxyl groups excluding tert-OH is 1. The number of anilines is 1. The molecule has 0 radical (unpaired) electrons. The molecule has 2 rings (SSSR count). The van der Waals surface area contributed by atoms with Crippen molar-refractivity contribution >= 4 is 21.6 Å². The van der Waals surface area contributed by atoms with Gasteiger partial charge >= 0.3 is 0 Å². The Balaban J connectivity index is 2.05. The van der Waals surface area contributed by atoms with E-state index in [1.165, 1.54) is 6.07 Å². The van der Waals surface area contributed by atoms with Crippen LogP contribution in [-0.2, 0) is 0 Å². The maximum atomic E-state index is 13.3. The average molecular weight is 324 g/mol. The molecule has 0 spiro atoms. The number of halogens is 2. The summed E-state index contributed by atoms with van der Waals surface area (Å²) in [5.41, 5.74) is 2.47. The molecule has 0 bridgehead atoms. The molecule has 2 N–H and O–H groups in total. The van der Waals surface area contributed by atoms with Crippen LogP contribution >= 0.6 is 15.9 Å². The molecule has 0 heterocycles. The molecule has 0 fully saturated rings. The molecule has 0 saturated carbocycles. The first-order valence-electron chi connectivity index (χ1n) is 6.00. The van der Waals surface area contributed by atoms with Gasteiger partial charge in [0.15, 0.2) is 0 Å². The lowest BCUT2D eigenvalue weighted by Crippen LogP contribution is -2.12. The van der Waals surface area contributed by atoms with E-state index in [0.29, 0.717) is 11.0 Å². The summed E-state index contributed by atoms with van der Waals surface area (Å²) < 4.78 is 13.7. The Hall–Kier alpha value is -1.39. The van der Waals surface area contributed by atoms with Crippen molar-refractivity contribution in [2.75, 3.05) is 11.9 Å². The fraction of sp³-hybridized carbons (Fsp3) is 0.200. The van der Waals surface area contributed by atoms with E-state index < -0.39 is 6.10 Å². The Kier molecular flexibility index (Phi) is 4.56. The fourth-order valence-electron chi connectivity index (χ4n) is 1.84. The van der Waals surface area contributed by atoms with Gasteiger partial charge in [-0.1, -0.05) is 30.3 Å². The fourth-order valence-corrected chi connectivity index (χ4v) is 2.18. The molecular formula is C15H15BrFNO. The smallest absolute Gasteiger partial charge is 0.137 e. The maximum Gasteiger partial charge on any atom is 0.137 e. The van der Waals surface area contributed by atoms with Crippen LogP contribution in [0, 0.1) is 12.7 Å². The van der Waals surface area contributed by atoms with Crippen molar-refractivity contribution in [3.63, 3.8) is 0 Å². The molecule has 0 aromatic heterocycles. The number of nitrogens with one attached hydrogen (secondary N) is 1. The number of benzene rings is 2. The molecule has 100 valence electrons. The highest BCUT2D eigenvalue weighted by atomic mass is 79.9. The van der Waals surface area contributed by atoms with Gasteiger partial charge in [-0.15, -0.1) is 0 Å². The van der Waals surface area contributed by atoms with Crippen LogP contribution in [0.2, 0.25) is 0 Å². The van der Waals surface area contributed by atoms with Crippen LogP contribution < -0.4 is 5.32 Å². The Morgan fingerprint density at radius 3 is 2.63 bits per heavy atom. The number of rotatable bonds is 4. The minimum Gasteiger partial charge on any atom is -0.387 e.